The molecule has 1 N–H and O–H groups in total. The van der Waals surface area contributed by atoms with E-state index in [1.54, 1.807) is 18.6 Å². The van der Waals surface area contributed by atoms with Crippen LogP contribution in [0.4, 0.5) is 14.6 Å². The minimum atomic E-state index is -0.939. The van der Waals surface area contributed by atoms with Crippen LogP contribution in [-0.2, 0) is 0 Å². The lowest BCUT2D eigenvalue weighted by Gasteiger charge is -2.32. The van der Waals surface area contributed by atoms with Crippen LogP contribution in [0.3, 0.4) is 0 Å². The predicted octanol–water partition coefficient (Wildman–Crippen LogP) is 2.16. The third-order valence-electron chi connectivity index (χ3n) is 4.18. The lowest BCUT2D eigenvalue weighted by molar-refractivity contribution is 0.0922. The fourth-order valence-electron chi connectivity index (χ4n) is 2.85. The highest BCUT2D eigenvalue weighted by molar-refractivity contribution is 5.95. The number of halogens is 2. The average molecular weight is 348 g/mol. The molecule has 0 spiro atoms. The van der Waals surface area contributed by atoms with Crippen LogP contribution in [0.2, 0.25) is 0 Å². The van der Waals surface area contributed by atoms with Crippen LogP contribution in [0, 0.1) is 11.6 Å². The number of hydrogen-bond acceptors (Lipinski definition) is 5. The molecule has 0 atom stereocenters. The Morgan fingerprint density at radius 2 is 1.92 bits per heavy atom. The Morgan fingerprint density at radius 1 is 1.24 bits per heavy atom. The molecule has 1 aromatic carbocycles. The van der Waals surface area contributed by atoms with E-state index in [1.165, 1.54) is 7.11 Å². The predicted molar refractivity (Wildman–Crippen MR) is 87.6 cm³/mol. The molecule has 1 aromatic heterocycles. The van der Waals surface area contributed by atoms with Crippen molar-refractivity contribution in [1.82, 2.24) is 15.3 Å². The fraction of sp³-hybridized carbons (Fsp3) is 0.353. The quantitative estimate of drug-likeness (QED) is 0.917. The van der Waals surface area contributed by atoms with Crippen molar-refractivity contribution in [2.75, 3.05) is 25.1 Å². The Morgan fingerprint density at radius 3 is 2.48 bits per heavy atom. The first-order valence-corrected chi connectivity index (χ1v) is 7.93. The second kappa shape index (κ2) is 7.42. The first-order chi connectivity index (χ1) is 12.1. The van der Waals surface area contributed by atoms with Gasteiger partial charge >= 0.3 is 0 Å². The molecule has 0 saturated carbocycles. The van der Waals surface area contributed by atoms with Gasteiger partial charge in [-0.25, -0.2) is 13.8 Å². The Bertz CT molecular complexity index is 727. The standard InChI is InChI=1S/C17H18F2N4O2/c1-25-12-8-13(18)16(14(19)9-12)17(24)22-11-2-6-23(7-3-11)15-10-20-4-5-21-15/h4-5,8-11H,2-3,6-7H2,1H3,(H,22,24). The highest BCUT2D eigenvalue weighted by atomic mass is 19.1. The van der Waals surface area contributed by atoms with Crippen LogP contribution in [-0.4, -0.2) is 42.1 Å². The molecule has 0 aliphatic carbocycles. The van der Waals surface area contributed by atoms with E-state index in [0.29, 0.717) is 25.9 Å². The number of carbonyl (C=O) groups is 1. The number of nitrogens with one attached hydrogen (secondary N) is 1. The zero-order valence-corrected chi connectivity index (χ0v) is 13.7. The summed E-state index contributed by atoms with van der Waals surface area (Å²) in [7, 11) is 1.30. The number of ether oxygens (including phenoxy) is 1. The maximum Gasteiger partial charge on any atom is 0.257 e. The lowest BCUT2D eigenvalue weighted by Crippen LogP contribution is -2.45. The van der Waals surface area contributed by atoms with Gasteiger partial charge in [-0.1, -0.05) is 0 Å². The van der Waals surface area contributed by atoms with E-state index in [9.17, 15) is 13.6 Å². The van der Waals surface area contributed by atoms with Crippen molar-refractivity contribution >= 4 is 11.7 Å². The van der Waals surface area contributed by atoms with Crippen LogP contribution >= 0.6 is 0 Å². The highest BCUT2D eigenvalue weighted by Crippen LogP contribution is 2.22. The SMILES string of the molecule is COc1cc(F)c(C(=O)NC2CCN(c3cnccn3)CC2)c(F)c1. The van der Waals surface area contributed by atoms with Gasteiger partial charge in [0.15, 0.2) is 0 Å². The van der Waals surface area contributed by atoms with E-state index in [1.807, 2.05) is 0 Å². The van der Waals surface area contributed by atoms with Crippen LogP contribution in [0.1, 0.15) is 23.2 Å². The lowest BCUT2D eigenvalue weighted by atomic mass is 10.0. The topological polar surface area (TPSA) is 67.3 Å². The van der Waals surface area contributed by atoms with Gasteiger partial charge in [0.05, 0.1) is 13.3 Å². The molecule has 1 amide bonds. The second-order valence-corrected chi connectivity index (χ2v) is 5.76. The van der Waals surface area contributed by atoms with Gasteiger partial charge in [-0.15, -0.1) is 0 Å². The van der Waals surface area contributed by atoms with Gasteiger partial charge in [0.1, 0.15) is 28.8 Å². The summed E-state index contributed by atoms with van der Waals surface area (Å²) in [5, 5.41) is 2.70. The number of piperidine rings is 1. The van der Waals surface area contributed by atoms with Crippen LogP contribution in [0.25, 0.3) is 0 Å². The molecule has 3 rings (SSSR count). The molecule has 0 bridgehead atoms. The van der Waals surface area contributed by atoms with E-state index >= 15 is 0 Å². The molecule has 0 radical (unpaired) electrons. The number of nitrogens with zero attached hydrogens (tertiary/aromatic N) is 3. The van der Waals surface area contributed by atoms with E-state index in [-0.39, 0.29) is 11.8 Å². The van der Waals surface area contributed by atoms with Crippen molar-refractivity contribution in [3.63, 3.8) is 0 Å². The Hall–Kier alpha value is -2.77. The Kier molecular flexibility index (Phi) is 5.06. The smallest absolute Gasteiger partial charge is 0.257 e. The summed E-state index contributed by atoms with van der Waals surface area (Å²) in [6.07, 6.45) is 6.22. The zero-order chi connectivity index (χ0) is 17.8. The molecule has 0 unspecified atom stereocenters. The van der Waals surface area contributed by atoms with E-state index in [2.05, 4.69) is 20.2 Å². The number of amides is 1. The Labute approximate surface area is 143 Å². The van der Waals surface area contributed by atoms with Gasteiger partial charge < -0.3 is 15.0 Å². The summed E-state index contributed by atoms with van der Waals surface area (Å²) >= 11 is 0. The van der Waals surface area contributed by atoms with Crippen LogP contribution in [0.5, 0.6) is 5.75 Å². The minimum absolute atomic E-state index is 0.0313. The second-order valence-electron chi connectivity index (χ2n) is 5.76. The Balaban J connectivity index is 1.62. The molecule has 25 heavy (non-hydrogen) atoms. The van der Waals surface area contributed by atoms with Crippen molar-refractivity contribution in [3.05, 3.63) is 47.9 Å². The van der Waals surface area contributed by atoms with Crippen molar-refractivity contribution in [3.8, 4) is 5.75 Å². The van der Waals surface area contributed by atoms with Gasteiger partial charge in [-0.2, -0.15) is 0 Å². The van der Waals surface area contributed by atoms with Crippen molar-refractivity contribution in [1.29, 1.82) is 0 Å². The molecule has 1 saturated heterocycles. The first-order valence-electron chi connectivity index (χ1n) is 7.93. The molecule has 132 valence electrons. The van der Waals surface area contributed by atoms with Gasteiger partial charge in [-0.3, -0.25) is 9.78 Å². The molecule has 1 aliphatic rings. The monoisotopic (exact) mass is 348 g/mol. The number of anilines is 1. The van der Waals surface area contributed by atoms with E-state index in [4.69, 9.17) is 4.74 Å². The fourth-order valence-corrected chi connectivity index (χ4v) is 2.85. The minimum Gasteiger partial charge on any atom is -0.497 e. The maximum absolute atomic E-state index is 14.0. The van der Waals surface area contributed by atoms with Crippen molar-refractivity contribution < 1.29 is 18.3 Å². The molecular weight excluding hydrogens is 330 g/mol. The number of methoxy groups -OCH3 is 1. The molecule has 1 aliphatic heterocycles. The van der Waals surface area contributed by atoms with Crippen LogP contribution in [0.15, 0.2) is 30.7 Å². The number of aromatic nitrogens is 2. The number of carbonyl (C=O) groups excluding carboxylic acids is 1. The summed E-state index contributed by atoms with van der Waals surface area (Å²) in [5.74, 6) is -1.82. The number of benzene rings is 1. The van der Waals surface area contributed by atoms with Gasteiger partial charge in [-0.05, 0) is 12.8 Å². The third kappa shape index (κ3) is 3.84. The summed E-state index contributed by atoms with van der Waals surface area (Å²) < 4.78 is 32.7. The third-order valence-corrected chi connectivity index (χ3v) is 4.18. The summed E-state index contributed by atoms with van der Waals surface area (Å²) in [6, 6.07) is 1.84. The molecule has 2 heterocycles. The maximum atomic E-state index is 14.0. The molecule has 6 nitrogen and oxygen atoms in total. The average Bonchev–Trinajstić information content (AvgIpc) is 2.62. The zero-order valence-electron chi connectivity index (χ0n) is 13.7. The summed E-state index contributed by atoms with van der Waals surface area (Å²) in [6.45, 7) is 1.36. The van der Waals surface area contributed by atoms with Crippen molar-refractivity contribution in [2.24, 2.45) is 0 Å². The molecular formula is C17H18F2N4O2. The van der Waals surface area contributed by atoms with Crippen molar-refractivity contribution in [2.45, 2.75) is 18.9 Å². The van der Waals surface area contributed by atoms with E-state index < -0.39 is 23.1 Å². The van der Waals surface area contributed by atoms with Gasteiger partial charge in [0, 0.05) is 43.7 Å². The number of hydrogen-bond donors (Lipinski definition) is 1. The molecule has 8 heteroatoms. The van der Waals surface area contributed by atoms with E-state index in [0.717, 1.165) is 18.0 Å². The first kappa shape index (κ1) is 17.1. The summed E-state index contributed by atoms with van der Waals surface area (Å²) in [4.78, 5) is 22.6. The summed E-state index contributed by atoms with van der Waals surface area (Å²) in [5.41, 5.74) is -0.586. The largest absolute Gasteiger partial charge is 0.497 e. The van der Waals surface area contributed by atoms with Crippen LogP contribution < -0.4 is 15.0 Å². The molecule has 2 aromatic rings. The molecule has 1 fully saturated rings. The van der Waals surface area contributed by atoms with Gasteiger partial charge in [0.2, 0.25) is 0 Å². The van der Waals surface area contributed by atoms with Gasteiger partial charge in [0.25, 0.3) is 5.91 Å². The normalized spacial score (nSPS) is 15.1. The number of rotatable bonds is 4. The highest BCUT2D eigenvalue weighted by Gasteiger charge is 2.25.